The Hall–Kier alpha value is -1.23. The Balaban J connectivity index is 2.64. The number of carbonyl (C=O) groups excluding carboxylic acids is 1. The van der Waals surface area contributed by atoms with Gasteiger partial charge in [-0.1, -0.05) is 15.9 Å². The minimum absolute atomic E-state index is 0.214. The van der Waals surface area contributed by atoms with Crippen molar-refractivity contribution in [3.05, 3.63) is 22.2 Å². The molecule has 0 heterocycles. The van der Waals surface area contributed by atoms with Gasteiger partial charge >= 0.3 is 5.97 Å². The zero-order chi connectivity index (χ0) is 12.1. The molecule has 0 spiro atoms. The molecular formula is C11H14BrNO3. The third kappa shape index (κ3) is 3.41. The zero-order valence-electron chi connectivity index (χ0n) is 9.25. The van der Waals surface area contributed by atoms with E-state index >= 15 is 0 Å². The summed E-state index contributed by atoms with van der Waals surface area (Å²) in [5, 5.41) is 0. The number of anilines is 1. The fourth-order valence-electron chi connectivity index (χ4n) is 1.29. The molecule has 0 aliphatic heterocycles. The Morgan fingerprint density at radius 3 is 2.75 bits per heavy atom. The molecule has 0 unspecified atom stereocenters. The predicted octanol–water partition coefficient (Wildman–Crippen LogP) is 2.28. The number of hydrogen-bond donors (Lipinski definition) is 1. The highest BCUT2D eigenvalue weighted by molar-refractivity contribution is 9.10. The molecule has 1 aromatic carbocycles. The number of nitrogen functional groups attached to an aromatic ring is 1. The molecule has 0 amide bonds. The number of esters is 1. The van der Waals surface area contributed by atoms with Crippen LogP contribution in [0.5, 0.6) is 5.75 Å². The molecule has 0 atom stereocenters. The highest BCUT2D eigenvalue weighted by Crippen LogP contribution is 2.30. The number of rotatable bonds is 4. The lowest BCUT2D eigenvalue weighted by Gasteiger charge is -2.11. The lowest BCUT2D eigenvalue weighted by atomic mass is 10.2. The molecule has 0 aliphatic rings. The van der Waals surface area contributed by atoms with Crippen molar-refractivity contribution in [2.24, 2.45) is 0 Å². The quantitative estimate of drug-likeness (QED) is 0.682. The van der Waals surface area contributed by atoms with Crippen LogP contribution in [0.15, 0.2) is 16.6 Å². The summed E-state index contributed by atoms with van der Waals surface area (Å²) in [6, 6.07) is 3.67. The second kappa shape index (κ2) is 5.75. The number of nitrogens with two attached hydrogens (primary N) is 1. The standard InChI is InChI=1S/C11H14BrNO3/c1-7-5-8(12)6-9(13)11(7)16-4-3-10(14)15-2/h5-6H,3-4,13H2,1-2H3. The maximum Gasteiger partial charge on any atom is 0.308 e. The Morgan fingerprint density at radius 1 is 1.50 bits per heavy atom. The summed E-state index contributed by atoms with van der Waals surface area (Å²) < 4.78 is 10.9. The van der Waals surface area contributed by atoms with E-state index in [4.69, 9.17) is 10.5 Å². The minimum atomic E-state index is -0.298. The molecular weight excluding hydrogens is 274 g/mol. The predicted molar refractivity (Wildman–Crippen MR) is 65.4 cm³/mol. The third-order valence-electron chi connectivity index (χ3n) is 2.05. The first kappa shape index (κ1) is 12.8. The lowest BCUT2D eigenvalue weighted by molar-refractivity contribution is -0.141. The van der Waals surface area contributed by atoms with Crippen LogP contribution in [0.2, 0.25) is 0 Å². The van der Waals surface area contributed by atoms with Crippen molar-refractivity contribution < 1.29 is 14.3 Å². The second-order valence-electron chi connectivity index (χ2n) is 3.32. The summed E-state index contributed by atoms with van der Waals surface area (Å²) in [7, 11) is 1.35. The fourth-order valence-corrected chi connectivity index (χ4v) is 1.88. The monoisotopic (exact) mass is 287 g/mol. The van der Waals surface area contributed by atoms with Crippen LogP contribution in [0.4, 0.5) is 5.69 Å². The number of hydrogen-bond acceptors (Lipinski definition) is 4. The number of methoxy groups -OCH3 is 1. The topological polar surface area (TPSA) is 61.5 Å². The average molecular weight is 288 g/mol. The first-order valence-electron chi connectivity index (χ1n) is 4.80. The number of ether oxygens (including phenoxy) is 2. The number of benzene rings is 1. The largest absolute Gasteiger partial charge is 0.491 e. The van der Waals surface area contributed by atoms with E-state index in [2.05, 4.69) is 20.7 Å². The first-order chi connectivity index (χ1) is 7.54. The zero-order valence-corrected chi connectivity index (χ0v) is 10.8. The van der Waals surface area contributed by atoms with Gasteiger partial charge in [0, 0.05) is 4.47 Å². The van der Waals surface area contributed by atoms with Crippen molar-refractivity contribution in [3.8, 4) is 5.75 Å². The van der Waals surface area contributed by atoms with E-state index in [0.717, 1.165) is 10.0 Å². The van der Waals surface area contributed by atoms with Gasteiger partial charge in [0.15, 0.2) is 0 Å². The minimum Gasteiger partial charge on any atom is -0.491 e. The smallest absolute Gasteiger partial charge is 0.308 e. The van der Waals surface area contributed by atoms with Crippen LogP contribution < -0.4 is 10.5 Å². The molecule has 0 saturated carbocycles. The Kier molecular flexibility index (Phi) is 4.61. The van der Waals surface area contributed by atoms with E-state index in [0.29, 0.717) is 11.4 Å². The summed E-state index contributed by atoms with van der Waals surface area (Å²) >= 11 is 3.34. The van der Waals surface area contributed by atoms with Crippen molar-refractivity contribution in [3.63, 3.8) is 0 Å². The molecule has 1 aromatic rings. The molecule has 4 nitrogen and oxygen atoms in total. The molecule has 2 N–H and O–H groups in total. The van der Waals surface area contributed by atoms with Crippen molar-refractivity contribution in [1.82, 2.24) is 0 Å². The first-order valence-corrected chi connectivity index (χ1v) is 5.59. The van der Waals surface area contributed by atoms with E-state index in [-0.39, 0.29) is 19.0 Å². The van der Waals surface area contributed by atoms with Crippen LogP contribution in [0.25, 0.3) is 0 Å². The summed E-state index contributed by atoms with van der Waals surface area (Å²) in [6.45, 7) is 2.16. The van der Waals surface area contributed by atoms with E-state index in [1.54, 1.807) is 6.07 Å². The molecule has 0 saturated heterocycles. The van der Waals surface area contributed by atoms with Gasteiger partial charge in [-0.3, -0.25) is 4.79 Å². The molecule has 0 aliphatic carbocycles. The summed E-state index contributed by atoms with van der Waals surface area (Å²) in [4.78, 5) is 10.9. The van der Waals surface area contributed by atoms with Crippen LogP contribution in [-0.2, 0) is 9.53 Å². The van der Waals surface area contributed by atoms with Crippen LogP contribution in [0.3, 0.4) is 0 Å². The van der Waals surface area contributed by atoms with Gasteiger partial charge in [0.05, 0.1) is 25.8 Å². The lowest BCUT2D eigenvalue weighted by Crippen LogP contribution is -2.09. The Bertz CT molecular complexity index is 370. The summed E-state index contributed by atoms with van der Waals surface area (Å²) in [5.41, 5.74) is 7.28. The van der Waals surface area contributed by atoms with Gasteiger partial charge in [-0.15, -0.1) is 0 Å². The number of halogens is 1. The van der Waals surface area contributed by atoms with Crippen LogP contribution in [-0.4, -0.2) is 19.7 Å². The van der Waals surface area contributed by atoms with Gasteiger partial charge in [-0.2, -0.15) is 0 Å². The van der Waals surface area contributed by atoms with E-state index < -0.39 is 0 Å². The molecule has 1 rings (SSSR count). The molecule has 5 heteroatoms. The van der Waals surface area contributed by atoms with Gasteiger partial charge in [-0.25, -0.2) is 0 Å². The van der Waals surface area contributed by atoms with Crippen molar-refractivity contribution in [2.45, 2.75) is 13.3 Å². The van der Waals surface area contributed by atoms with Crippen LogP contribution >= 0.6 is 15.9 Å². The van der Waals surface area contributed by atoms with Gasteiger partial charge in [-0.05, 0) is 24.6 Å². The Labute approximate surface area is 103 Å². The van der Waals surface area contributed by atoms with E-state index in [9.17, 15) is 4.79 Å². The molecule has 0 bridgehead atoms. The second-order valence-corrected chi connectivity index (χ2v) is 4.23. The maximum absolute atomic E-state index is 10.9. The number of aryl methyl sites for hydroxylation is 1. The molecule has 0 aromatic heterocycles. The summed E-state index contributed by atoms with van der Waals surface area (Å²) in [5.74, 6) is 0.320. The SMILES string of the molecule is COC(=O)CCOc1c(C)cc(Br)cc1N. The van der Waals surface area contributed by atoms with Crippen molar-refractivity contribution >= 4 is 27.6 Å². The van der Waals surface area contributed by atoms with E-state index in [1.807, 2.05) is 13.0 Å². The van der Waals surface area contributed by atoms with Gasteiger partial charge in [0.25, 0.3) is 0 Å². The molecule has 88 valence electrons. The normalized spacial score (nSPS) is 9.94. The summed E-state index contributed by atoms with van der Waals surface area (Å²) in [6.07, 6.45) is 0.214. The van der Waals surface area contributed by atoms with Crippen LogP contribution in [0, 0.1) is 6.92 Å². The fraction of sp³-hybridized carbons (Fsp3) is 0.364. The van der Waals surface area contributed by atoms with Crippen molar-refractivity contribution in [2.75, 3.05) is 19.5 Å². The van der Waals surface area contributed by atoms with Crippen LogP contribution in [0.1, 0.15) is 12.0 Å². The third-order valence-corrected chi connectivity index (χ3v) is 2.51. The highest BCUT2D eigenvalue weighted by atomic mass is 79.9. The Morgan fingerprint density at radius 2 is 2.19 bits per heavy atom. The average Bonchev–Trinajstić information content (AvgIpc) is 2.21. The van der Waals surface area contributed by atoms with Crippen molar-refractivity contribution in [1.29, 1.82) is 0 Å². The maximum atomic E-state index is 10.9. The van der Waals surface area contributed by atoms with Gasteiger partial charge in [0.1, 0.15) is 5.75 Å². The van der Waals surface area contributed by atoms with E-state index in [1.165, 1.54) is 7.11 Å². The molecule has 0 radical (unpaired) electrons. The molecule has 16 heavy (non-hydrogen) atoms. The van der Waals surface area contributed by atoms with Gasteiger partial charge in [0.2, 0.25) is 0 Å². The van der Waals surface area contributed by atoms with Gasteiger partial charge < -0.3 is 15.2 Å². The number of carbonyl (C=O) groups is 1. The molecule has 0 fully saturated rings. The highest BCUT2D eigenvalue weighted by Gasteiger charge is 2.07.